The minimum Gasteiger partial charge on any atom is -0.356 e. The average Bonchev–Trinajstić information content (AvgIpc) is 2.62. The van der Waals surface area contributed by atoms with E-state index in [0.717, 1.165) is 5.56 Å². The van der Waals surface area contributed by atoms with Crippen LogP contribution in [-0.4, -0.2) is 28.9 Å². The van der Waals surface area contributed by atoms with Gasteiger partial charge in [0.15, 0.2) is 6.29 Å². The third kappa shape index (κ3) is 5.62. The summed E-state index contributed by atoms with van der Waals surface area (Å²) in [4.78, 5) is 0.103. The van der Waals surface area contributed by atoms with Crippen molar-refractivity contribution in [3.8, 4) is 0 Å². The number of ether oxygens (including phenoxy) is 2. The lowest BCUT2D eigenvalue weighted by Gasteiger charge is -2.21. The van der Waals surface area contributed by atoms with Crippen molar-refractivity contribution in [2.75, 3.05) is 14.2 Å². The van der Waals surface area contributed by atoms with Crippen molar-refractivity contribution >= 4 is 26.0 Å². The van der Waals surface area contributed by atoms with Crippen molar-refractivity contribution < 1.29 is 22.1 Å². The number of benzene rings is 2. The maximum atomic E-state index is 12.7. The molecule has 0 spiro atoms. The van der Waals surface area contributed by atoms with Crippen LogP contribution in [0.4, 0.5) is 0 Å². The van der Waals surface area contributed by atoms with Gasteiger partial charge in [0.05, 0.1) is 0 Å². The van der Waals surface area contributed by atoms with Crippen molar-refractivity contribution in [2.45, 2.75) is 30.1 Å². The molecule has 0 aliphatic carbocycles. The summed E-state index contributed by atoms with van der Waals surface area (Å²) in [6.07, 6.45) is -0.120. The fourth-order valence-electron chi connectivity index (χ4n) is 2.41. The molecule has 7 heteroatoms. The molecule has 2 rings (SSSR count). The summed E-state index contributed by atoms with van der Waals surface area (Å²) in [5.41, 5.74) is 0.782. The minimum absolute atomic E-state index is 0.103. The highest BCUT2D eigenvalue weighted by Crippen LogP contribution is 2.31. The van der Waals surface area contributed by atoms with Crippen LogP contribution in [0.5, 0.6) is 0 Å². The Labute approximate surface area is 157 Å². The van der Waals surface area contributed by atoms with Crippen LogP contribution >= 0.6 is 15.9 Å². The lowest BCUT2D eigenvalue weighted by atomic mass is 10.1. The summed E-state index contributed by atoms with van der Waals surface area (Å²) in [7, 11) is -0.836. The first-order valence-electron chi connectivity index (χ1n) is 7.76. The van der Waals surface area contributed by atoms with Crippen LogP contribution in [0, 0.1) is 0 Å². The molecule has 2 aromatic rings. The van der Waals surface area contributed by atoms with E-state index in [4.69, 9.17) is 13.7 Å². The summed E-state index contributed by atoms with van der Waals surface area (Å²) in [6.45, 7) is 0. The van der Waals surface area contributed by atoms with Gasteiger partial charge in [-0.1, -0.05) is 42.5 Å². The highest BCUT2D eigenvalue weighted by atomic mass is 79.9. The molecule has 0 N–H and O–H groups in total. The molecule has 0 bridgehead atoms. The number of halogens is 1. The van der Waals surface area contributed by atoms with Crippen molar-refractivity contribution in [2.24, 2.45) is 0 Å². The minimum atomic E-state index is -3.93. The third-order valence-corrected chi connectivity index (χ3v) is 6.04. The molecule has 0 aromatic heterocycles. The van der Waals surface area contributed by atoms with Crippen molar-refractivity contribution in [1.29, 1.82) is 0 Å². The fraction of sp³-hybridized carbons (Fsp3) is 0.333. The van der Waals surface area contributed by atoms with Crippen LogP contribution in [0.1, 0.15) is 24.5 Å². The van der Waals surface area contributed by atoms with Gasteiger partial charge in [-0.05, 0) is 40.0 Å². The smallest absolute Gasteiger partial charge is 0.298 e. The molecule has 0 fully saturated rings. The van der Waals surface area contributed by atoms with E-state index < -0.39 is 22.5 Å². The maximum Gasteiger partial charge on any atom is 0.298 e. The Morgan fingerprint density at radius 3 is 2.12 bits per heavy atom. The van der Waals surface area contributed by atoms with E-state index in [9.17, 15) is 8.42 Å². The molecule has 5 nitrogen and oxygen atoms in total. The second-order valence-corrected chi connectivity index (χ2v) is 7.75. The highest BCUT2D eigenvalue weighted by molar-refractivity contribution is 9.10. The van der Waals surface area contributed by atoms with E-state index in [1.54, 1.807) is 32.4 Å². The van der Waals surface area contributed by atoms with Gasteiger partial charge in [0.1, 0.15) is 11.0 Å². The van der Waals surface area contributed by atoms with Crippen LogP contribution in [0.25, 0.3) is 0 Å². The van der Waals surface area contributed by atoms with Crippen molar-refractivity contribution in [3.63, 3.8) is 0 Å². The Morgan fingerprint density at radius 1 is 0.920 bits per heavy atom. The average molecular weight is 429 g/mol. The number of rotatable bonds is 9. The Hall–Kier alpha value is -1.25. The Balaban J connectivity index is 2.25. The van der Waals surface area contributed by atoms with Crippen LogP contribution < -0.4 is 0 Å². The fourth-order valence-corrected chi connectivity index (χ4v) is 4.46. The Morgan fingerprint density at radius 2 is 1.52 bits per heavy atom. The van der Waals surface area contributed by atoms with E-state index in [1.807, 2.05) is 30.3 Å². The topological polar surface area (TPSA) is 61.8 Å². The summed E-state index contributed by atoms with van der Waals surface area (Å²) >= 11 is 3.26. The molecule has 0 amide bonds. The standard InChI is InChI=1S/C18H21BrO5S/c1-22-18(23-2)13-12-16(14-8-4-3-5-9-14)24-25(20,21)17-11-7-6-10-15(17)19/h3-11,16,18H,12-13H2,1-2H3. The molecule has 0 heterocycles. The molecular formula is C18H21BrO5S. The van der Waals surface area contributed by atoms with E-state index in [2.05, 4.69) is 15.9 Å². The van der Waals surface area contributed by atoms with Crippen LogP contribution in [0.15, 0.2) is 64.0 Å². The maximum absolute atomic E-state index is 12.7. The van der Waals surface area contributed by atoms with Gasteiger partial charge in [-0.15, -0.1) is 0 Å². The van der Waals surface area contributed by atoms with Gasteiger partial charge < -0.3 is 9.47 Å². The van der Waals surface area contributed by atoms with Gasteiger partial charge in [-0.2, -0.15) is 8.42 Å². The van der Waals surface area contributed by atoms with Gasteiger partial charge in [-0.3, -0.25) is 4.18 Å². The van der Waals surface area contributed by atoms with Crippen LogP contribution in [-0.2, 0) is 23.8 Å². The molecule has 136 valence electrons. The van der Waals surface area contributed by atoms with Crippen LogP contribution in [0.3, 0.4) is 0 Å². The van der Waals surface area contributed by atoms with Gasteiger partial charge in [0.2, 0.25) is 0 Å². The molecule has 2 aromatic carbocycles. The molecule has 1 unspecified atom stereocenters. The SMILES string of the molecule is COC(CCC(OS(=O)(=O)c1ccccc1Br)c1ccccc1)OC. The predicted molar refractivity (Wildman–Crippen MR) is 98.6 cm³/mol. The van der Waals surface area contributed by atoms with E-state index in [0.29, 0.717) is 17.3 Å². The van der Waals surface area contributed by atoms with Gasteiger partial charge in [-0.25, -0.2) is 0 Å². The molecule has 0 radical (unpaired) electrons. The lowest BCUT2D eigenvalue weighted by molar-refractivity contribution is -0.110. The summed E-state index contributed by atoms with van der Waals surface area (Å²) < 4.78 is 41.8. The molecular weight excluding hydrogens is 408 g/mol. The quantitative estimate of drug-likeness (QED) is 0.440. The number of methoxy groups -OCH3 is 2. The Bertz CT molecular complexity index is 760. The molecule has 0 aliphatic heterocycles. The first-order valence-corrected chi connectivity index (χ1v) is 9.96. The normalized spacial score (nSPS) is 13.1. The number of hydrogen-bond acceptors (Lipinski definition) is 5. The summed E-state index contributed by atoms with van der Waals surface area (Å²) in [6, 6.07) is 15.8. The Kier molecular flexibility index (Phi) is 7.58. The highest BCUT2D eigenvalue weighted by Gasteiger charge is 2.25. The largest absolute Gasteiger partial charge is 0.356 e. The second-order valence-electron chi connectivity index (χ2n) is 5.36. The second kappa shape index (κ2) is 9.45. The first kappa shape index (κ1) is 20.1. The zero-order chi connectivity index (χ0) is 18.3. The summed E-state index contributed by atoms with van der Waals surface area (Å²) in [5.74, 6) is 0. The summed E-state index contributed by atoms with van der Waals surface area (Å²) in [5, 5.41) is 0. The van der Waals surface area contributed by atoms with Crippen LogP contribution in [0.2, 0.25) is 0 Å². The van der Waals surface area contributed by atoms with E-state index in [-0.39, 0.29) is 4.90 Å². The first-order chi connectivity index (χ1) is 12.0. The van der Waals surface area contributed by atoms with Crippen molar-refractivity contribution in [1.82, 2.24) is 0 Å². The third-order valence-electron chi connectivity index (χ3n) is 3.71. The van der Waals surface area contributed by atoms with E-state index in [1.165, 1.54) is 6.07 Å². The van der Waals surface area contributed by atoms with E-state index >= 15 is 0 Å². The van der Waals surface area contributed by atoms with Crippen molar-refractivity contribution in [3.05, 3.63) is 64.6 Å². The lowest BCUT2D eigenvalue weighted by Crippen LogP contribution is -2.18. The molecule has 0 aliphatic rings. The van der Waals surface area contributed by atoms with Gasteiger partial charge in [0.25, 0.3) is 10.1 Å². The molecule has 0 saturated heterocycles. The van der Waals surface area contributed by atoms with Gasteiger partial charge in [0, 0.05) is 25.1 Å². The van der Waals surface area contributed by atoms with Gasteiger partial charge >= 0.3 is 0 Å². The molecule has 25 heavy (non-hydrogen) atoms. The zero-order valence-corrected chi connectivity index (χ0v) is 16.5. The predicted octanol–water partition coefficient (Wildman–Crippen LogP) is 4.29. The number of hydrogen-bond donors (Lipinski definition) is 0. The molecule has 0 saturated carbocycles. The molecule has 1 atom stereocenters. The monoisotopic (exact) mass is 428 g/mol. The zero-order valence-electron chi connectivity index (χ0n) is 14.1.